The van der Waals surface area contributed by atoms with Crippen LogP contribution >= 0.6 is 23.4 Å². The summed E-state index contributed by atoms with van der Waals surface area (Å²) in [4.78, 5) is 0. The van der Waals surface area contributed by atoms with Gasteiger partial charge in [-0.3, -0.25) is 0 Å². The van der Waals surface area contributed by atoms with Gasteiger partial charge < -0.3 is 14.6 Å². The van der Waals surface area contributed by atoms with E-state index in [-0.39, 0.29) is 5.75 Å². The zero-order valence-corrected chi connectivity index (χ0v) is 16.2. The molecule has 0 amide bonds. The number of halogens is 1. The molecule has 0 spiro atoms. The van der Waals surface area contributed by atoms with E-state index in [9.17, 15) is 5.11 Å². The molecule has 1 aromatic heterocycles. The normalized spacial score (nSPS) is 11.1. The highest BCUT2D eigenvalue weighted by molar-refractivity contribution is 7.98. The quantitative estimate of drug-likeness (QED) is 0.476. The van der Waals surface area contributed by atoms with E-state index in [1.807, 2.05) is 24.3 Å². The fraction of sp³-hybridized carbons (Fsp3) is 0.167. The van der Waals surface area contributed by atoms with Gasteiger partial charge in [0.2, 0.25) is 10.9 Å². The SMILES string of the molecule is COc1cc(/C=N/n2cnnc2SCc2ccc(Cl)cc2)cc(OC)c1O. The minimum atomic E-state index is -0.0549. The fourth-order valence-electron chi connectivity index (χ4n) is 2.24. The Morgan fingerprint density at radius 3 is 2.48 bits per heavy atom. The van der Waals surface area contributed by atoms with E-state index < -0.39 is 0 Å². The second-order valence-electron chi connectivity index (χ2n) is 5.39. The lowest BCUT2D eigenvalue weighted by Gasteiger charge is -2.09. The summed E-state index contributed by atoms with van der Waals surface area (Å²) >= 11 is 7.41. The summed E-state index contributed by atoms with van der Waals surface area (Å²) in [6, 6.07) is 11.0. The number of hydrogen-bond donors (Lipinski definition) is 1. The van der Waals surface area contributed by atoms with Crippen LogP contribution in [-0.2, 0) is 5.75 Å². The molecule has 0 unspecified atom stereocenters. The first kappa shape index (κ1) is 19.1. The summed E-state index contributed by atoms with van der Waals surface area (Å²) in [5.74, 6) is 1.26. The molecule has 140 valence electrons. The Bertz CT molecular complexity index is 919. The average Bonchev–Trinajstić information content (AvgIpc) is 3.14. The molecule has 0 aliphatic carbocycles. The maximum absolute atomic E-state index is 9.97. The van der Waals surface area contributed by atoms with E-state index >= 15 is 0 Å². The van der Waals surface area contributed by atoms with Gasteiger partial charge in [0.1, 0.15) is 6.33 Å². The van der Waals surface area contributed by atoms with Crippen molar-refractivity contribution in [1.29, 1.82) is 0 Å². The molecule has 9 heteroatoms. The zero-order valence-electron chi connectivity index (χ0n) is 14.7. The lowest BCUT2D eigenvalue weighted by Crippen LogP contribution is -1.95. The molecule has 3 aromatic rings. The van der Waals surface area contributed by atoms with Crippen LogP contribution in [0.25, 0.3) is 0 Å². The maximum atomic E-state index is 9.97. The first-order valence-corrected chi connectivity index (χ1v) is 9.23. The van der Waals surface area contributed by atoms with E-state index in [0.29, 0.717) is 33.0 Å². The van der Waals surface area contributed by atoms with Gasteiger partial charge in [-0.15, -0.1) is 10.2 Å². The average molecular weight is 405 g/mol. The molecule has 27 heavy (non-hydrogen) atoms. The van der Waals surface area contributed by atoms with Crippen LogP contribution < -0.4 is 9.47 Å². The van der Waals surface area contributed by atoms with Crippen LogP contribution in [0.3, 0.4) is 0 Å². The number of benzene rings is 2. The van der Waals surface area contributed by atoms with Gasteiger partial charge >= 0.3 is 0 Å². The van der Waals surface area contributed by atoms with Gasteiger partial charge in [-0.05, 0) is 29.8 Å². The monoisotopic (exact) mass is 404 g/mol. The summed E-state index contributed by atoms with van der Waals surface area (Å²) in [6.45, 7) is 0. The summed E-state index contributed by atoms with van der Waals surface area (Å²) in [6.07, 6.45) is 3.13. The lowest BCUT2D eigenvalue weighted by molar-refractivity contribution is 0.340. The van der Waals surface area contributed by atoms with Crippen LogP contribution in [0, 0.1) is 0 Å². The van der Waals surface area contributed by atoms with Gasteiger partial charge in [0.15, 0.2) is 11.5 Å². The third-order valence-electron chi connectivity index (χ3n) is 3.61. The number of thioether (sulfide) groups is 1. The number of phenols is 1. The van der Waals surface area contributed by atoms with Crippen molar-refractivity contribution >= 4 is 29.6 Å². The Morgan fingerprint density at radius 1 is 1.19 bits per heavy atom. The van der Waals surface area contributed by atoms with Crippen molar-refractivity contribution in [2.75, 3.05) is 14.2 Å². The van der Waals surface area contributed by atoms with Crippen LogP contribution in [0.2, 0.25) is 5.02 Å². The Balaban J connectivity index is 1.75. The van der Waals surface area contributed by atoms with Gasteiger partial charge in [0.25, 0.3) is 0 Å². The third-order valence-corrected chi connectivity index (χ3v) is 4.87. The number of rotatable bonds is 7. The van der Waals surface area contributed by atoms with Crippen molar-refractivity contribution in [3.8, 4) is 17.2 Å². The number of phenolic OH excluding ortho intramolecular Hbond substituents is 1. The Kier molecular flexibility index (Phi) is 6.20. The number of aromatic hydroxyl groups is 1. The van der Waals surface area contributed by atoms with E-state index in [2.05, 4.69) is 15.3 Å². The van der Waals surface area contributed by atoms with E-state index in [1.165, 1.54) is 32.3 Å². The highest BCUT2D eigenvalue weighted by Crippen LogP contribution is 2.36. The Morgan fingerprint density at radius 2 is 1.85 bits per heavy atom. The standard InChI is InChI=1S/C18H17ClN4O3S/c1-25-15-7-13(8-16(26-2)17(15)24)9-21-23-11-20-22-18(23)27-10-12-3-5-14(19)6-4-12/h3-9,11,24H,10H2,1-2H3/b21-9+. The Labute approximate surface area is 165 Å². The minimum absolute atomic E-state index is 0.0549. The summed E-state index contributed by atoms with van der Waals surface area (Å²) in [5.41, 5.74) is 1.82. The molecule has 2 aromatic carbocycles. The highest BCUT2D eigenvalue weighted by Gasteiger charge is 2.10. The molecule has 7 nitrogen and oxygen atoms in total. The van der Waals surface area contributed by atoms with Gasteiger partial charge in [0.05, 0.1) is 20.4 Å². The van der Waals surface area contributed by atoms with E-state index in [4.69, 9.17) is 21.1 Å². The van der Waals surface area contributed by atoms with Crippen LogP contribution in [0.1, 0.15) is 11.1 Å². The first-order valence-electron chi connectivity index (χ1n) is 7.87. The Hall–Kier alpha value is -2.71. The van der Waals surface area contributed by atoms with Crippen molar-refractivity contribution in [1.82, 2.24) is 14.9 Å². The molecule has 0 saturated heterocycles. The summed E-state index contributed by atoms with van der Waals surface area (Å²) in [7, 11) is 2.95. The van der Waals surface area contributed by atoms with Gasteiger partial charge in [-0.1, -0.05) is 35.5 Å². The molecular formula is C18H17ClN4O3S. The van der Waals surface area contributed by atoms with Crippen molar-refractivity contribution < 1.29 is 14.6 Å². The molecule has 0 saturated carbocycles. The topological polar surface area (TPSA) is 81.8 Å². The summed E-state index contributed by atoms with van der Waals surface area (Å²) in [5, 5.41) is 23.7. The molecular weight excluding hydrogens is 388 g/mol. The van der Waals surface area contributed by atoms with Gasteiger partial charge in [0, 0.05) is 16.3 Å². The maximum Gasteiger partial charge on any atom is 0.212 e. The number of nitrogens with zero attached hydrogens (tertiary/aromatic N) is 4. The predicted octanol–water partition coefficient (Wildman–Crippen LogP) is 3.83. The summed E-state index contributed by atoms with van der Waals surface area (Å²) < 4.78 is 11.9. The molecule has 3 rings (SSSR count). The smallest absolute Gasteiger partial charge is 0.212 e. The molecule has 0 atom stereocenters. The number of methoxy groups -OCH3 is 2. The largest absolute Gasteiger partial charge is 0.502 e. The van der Waals surface area contributed by atoms with Crippen LogP contribution in [0.15, 0.2) is 53.0 Å². The van der Waals surface area contributed by atoms with Crippen LogP contribution in [0.5, 0.6) is 17.2 Å². The van der Waals surface area contributed by atoms with Crippen molar-refractivity contribution in [2.45, 2.75) is 10.9 Å². The third kappa shape index (κ3) is 4.72. The minimum Gasteiger partial charge on any atom is -0.502 e. The van der Waals surface area contributed by atoms with Crippen molar-refractivity contribution in [3.63, 3.8) is 0 Å². The number of ether oxygens (including phenoxy) is 2. The van der Waals surface area contributed by atoms with Gasteiger partial charge in [-0.2, -0.15) is 9.78 Å². The molecule has 1 heterocycles. The molecule has 0 aliphatic heterocycles. The van der Waals surface area contributed by atoms with E-state index in [0.717, 1.165) is 5.56 Å². The van der Waals surface area contributed by atoms with Crippen molar-refractivity contribution in [3.05, 3.63) is 58.9 Å². The zero-order chi connectivity index (χ0) is 19.2. The molecule has 0 bridgehead atoms. The molecule has 0 aliphatic rings. The number of hydrogen-bond acceptors (Lipinski definition) is 7. The molecule has 1 N–H and O–H groups in total. The lowest BCUT2D eigenvalue weighted by atomic mass is 10.2. The van der Waals surface area contributed by atoms with Gasteiger partial charge in [-0.25, -0.2) is 0 Å². The molecule has 0 radical (unpaired) electrons. The van der Waals surface area contributed by atoms with Crippen LogP contribution in [0.4, 0.5) is 0 Å². The highest BCUT2D eigenvalue weighted by atomic mass is 35.5. The predicted molar refractivity (Wildman–Crippen MR) is 105 cm³/mol. The number of aromatic nitrogens is 3. The fourth-order valence-corrected chi connectivity index (χ4v) is 3.18. The van der Waals surface area contributed by atoms with Crippen LogP contribution in [-0.4, -0.2) is 40.4 Å². The molecule has 0 fully saturated rings. The second-order valence-corrected chi connectivity index (χ2v) is 6.77. The first-order chi connectivity index (χ1) is 13.1. The van der Waals surface area contributed by atoms with Crippen molar-refractivity contribution in [2.24, 2.45) is 5.10 Å². The van der Waals surface area contributed by atoms with E-state index in [1.54, 1.807) is 23.0 Å². The second kappa shape index (κ2) is 8.79.